The average molecular weight is 495 g/mol. The van der Waals surface area contributed by atoms with Gasteiger partial charge in [0.2, 0.25) is 11.8 Å². The van der Waals surface area contributed by atoms with Gasteiger partial charge >= 0.3 is 0 Å². The largest absolute Gasteiger partial charge is 0.494 e. The Kier molecular flexibility index (Phi) is 7.48. The highest BCUT2D eigenvalue weighted by Gasteiger charge is 2.50. The van der Waals surface area contributed by atoms with E-state index in [0.29, 0.717) is 18.4 Å². The van der Waals surface area contributed by atoms with Crippen LogP contribution in [-0.2, 0) is 27.2 Å². The number of piperazine rings is 1. The van der Waals surface area contributed by atoms with Crippen molar-refractivity contribution in [2.24, 2.45) is 17.8 Å². The van der Waals surface area contributed by atoms with E-state index in [-0.39, 0.29) is 47.5 Å². The van der Waals surface area contributed by atoms with E-state index in [0.717, 1.165) is 0 Å². The lowest BCUT2D eigenvalue weighted by molar-refractivity contribution is -0.158. The van der Waals surface area contributed by atoms with Crippen LogP contribution in [0.15, 0.2) is 42.5 Å². The van der Waals surface area contributed by atoms with Crippen LogP contribution < -0.4 is 10.1 Å². The molecule has 2 aromatic rings. The first kappa shape index (κ1) is 25.9. The van der Waals surface area contributed by atoms with Crippen molar-refractivity contribution >= 4 is 17.6 Å². The van der Waals surface area contributed by atoms with E-state index in [4.69, 9.17) is 4.74 Å². The molecule has 2 aliphatic rings. The van der Waals surface area contributed by atoms with Gasteiger partial charge in [-0.15, -0.1) is 0 Å². The number of nitrogens with one attached hydrogen (secondary N) is 1. The second-order valence-electron chi connectivity index (χ2n) is 10.7. The molecule has 0 radical (unpaired) electrons. The van der Waals surface area contributed by atoms with Crippen molar-refractivity contribution in [1.29, 1.82) is 0 Å². The van der Waals surface area contributed by atoms with Gasteiger partial charge in [0.1, 0.15) is 18.1 Å². The minimum Gasteiger partial charge on any atom is -0.494 e. The van der Waals surface area contributed by atoms with Gasteiger partial charge in [0.25, 0.3) is 0 Å². The summed E-state index contributed by atoms with van der Waals surface area (Å²) in [6.07, 6.45) is 1.55. The van der Waals surface area contributed by atoms with Gasteiger partial charge in [0, 0.05) is 6.42 Å². The molecule has 3 atom stereocenters. The highest BCUT2D eigenvalue weighted by atomic mass is 19.1. The van der Waals surface area contributed by atoms with Crippen molar-refractivity contribution in [3.05, 3.63) is 65.0 Å². The molecule has 0 spiro atoms. The van der Waals surface area contributed by atoms with Crippen LogP contribution in [0.5, 0.6) is 5.75 Å². The van der Waals surface area contributed by atoms with E-state index >= 15 is 0 Å². The zero-order valence-electron chi connectivity index (χ0n) is 21.6. The lowest BCUT2D eigenvalue weighted by Gasteiger charge is -2.46. The molecule has 2 aromatic carbocycles. The quantitative estimate of drug-likeness (QED) is 0.595. The Morgan fingerprint density at radius 2 is 1.72 bits per heavy atom. The smallest absolute Gasteiger partial charge is 0.247 e. The number of hydrogen-bond donors (Lipinski definition) is 1. The Morgan fingerprint density at radius 3 is 2.25 bits per heavy atom. The molecular weight excluding hydrogens is 459 g/mol. The van der Waals surface area contributed by atoms with Crippen LogP contribution in [0.25, 0.3) is 0 Å². The normalized spacial score (nSPS) is 21.1. The molecule has 7 heteroatoms. The van der Waals surface area contributed by atoms with Crippen LogP contribution in [0.3, 0.4) is 0 Å². The lowest BCUT2D eigenvalue weighted by atomic mass is 9.85. The Balaban J connectivity index is 1.77. The van der Waals surface area contributed by atoms with Crippen LogP contribution in [0, 0.1) is 23.6 Å². The number of hydrogen-bond acceptors (Lipinski definition) is 4. The summed E-state index contributed by atoms with van der Waals surface area (Å²) in [6.45, 7) is 7.56. The fraction of sp³-hybridized carbons (Fsp3) is 0.483. The molecule has 1 aliphatic heterocycles. The monoisotopic (exact) mass is 494 g/mol. The highest BCUT2D eigenvalue weighted by Crippen LogP contribution is 2.37. The molecule has 192 valence electrons. The summed E-state index contributed by atoms with van der Waals surface area (Å²) >= 11 is 0. The predicted molar refractivity (Wildman–Crippen MR) is 135 cm³/mol. The number of benzene rings is 2. The van der Waals surface area contributed by atoms with Crippen LogP contribution in [-0.4, -0.2) is 41.7 Å². The maximum atomic E-state index is 14.8. The van der Waals surface area contributed by atoms with E-state index in [1.165, 1.54) is 35.3 Å². The van der Waals surface area contributed by atoms with Gasteiger partial charge < -0.3 is 15.0 Å². The lowest BCUT2D eigenvalue weighted by Crippen LogP contribution is -2.67. The average Bonchev–Trinajstić information content (AvgIpc) is 3.24. The summed E-state index contributed by atoms with van der Waals surface area (Å²) in [7, 11) is 1.37. The summed E-state index contributed by atoms with van der Waals surface area (Å²) in [4.78, 5) is 42.8. The van der Waals surface area contributed by atoms with Crippen molar-refractivity contribution in [2.45, 2.75) is 65.1 Å². The van der Waals surface area contributed by atoms with Crippen LogP contribution >= 0.6 is 0 Å². The molecule has 0 aromatic heterocycles. The number of methoxy groups -OCH3 is 1. The number of halogens is 1. The number of ketones is 1. The second-order valence-corrected chi connectivity index (χ2v) is 10.7. The van der Waals surface area contributed by atoms with E-state index in [2.05, 4.69) is 5.32 Å². The summed E-state index contributed by atoms with van der Waals surface area (Å²) < 4.78 is 19.8. The zero-order valence-corrected chi connectivity index (χ0v) is 21.6. The molecule has 1 heterocycles. The first-order chi connectivity index (χ1) is 17.1. The van der Waals surface area contributed by atoms with Crippen molar-refractivity contribution in [1.82, 2.24) is 10.2 Å². The number of Topliss-reactive ketones (excluding diaryl/α,β-unsaturated/α-hetero) is 1. The van der Waals surface area contributed by atoms with Crippen molar-refractivity contribution in [3.8, 4) is 5.75 Å². The van der Waals surface area contributed by atoms with Crippen molar-refractivity contribution < 1.29 is 23.5 Å². The zero-order chi connectivity index (χ0) is 26.1. The summed E-state index contributed by atoms with van der Waals surface area (Å²) in [5.41, 5.74) is 2.69. The Labute approximate surface area is 212 Å². The molecule has 0 saturated carbocycles. The van der Waals surface area contributed by atoms with Crippen LogP contribution in [0.4, 0.5) is 4.39 Å². The third kappa shape index (κ3) is 4.88. The van der Waals surface area contributed by atoms with E-state index in [1.807, 2.05) is 52.0 Å². The van der Waals surface area contributed by atoms with Gasteiger partial charge in [-0.1, -0.05) is 58.0 Å². The predicted octanol–water partition coefficient (Wildman–Crippen LogP) is 4.26. The molecule has 6 nitrogen and oxygen atoms in total. The molecule has 1 fully saturated rings. The van der Waals surface area contributed by atoms with Gasteiger partial charge in [0.05, 0.1) is 7.11 Å². The topological polar surface area (TPSA) is 75.7 Å². The van der Waals surface area contributed by atoms with Gasteiger partial charge in [0.15, 0.2) is 17.3 Å². The molecule has 0 bridgehead atoms. The van der Waals surface area contributed by atoms with Gasteiger partial charge in [-0.05, 0) is 59.4 Å². The molecule has 1 saturated heterocycles. The van der Waals surface area contributed by atoms with E-state index < -0.39 is 23.9 Å². The van der Waals surface area contributed by atoms with Crippen LogP contribution in [0.2, 0.25) is 0 Å². The second kappa shape index (κ2) is 10.4. The minimum absolute atomic E-state index is 0.0365. The van der Waals surface area contributed by atoms with Gasteiger partial charge in [-0.3, -0.25) is 14.4 Å². The molecule has 1 N–H and O–H groups in total. The van der Waals surface area contributed by atoms with Gasteiger partial charge in [-0.25, -0.2) is 4.39 Å². The Morgan fingerprint density at radius 1 is 1.08 bits per heavy atom. The number of carbonyl (C=O) groups excluding carboxylic acids is 3. The fourth-order valence-electron chi connectivity index (χ4n) is 5.65. The molecule has 4 rings (SSSR count). The van der Waals surface area contributed by atoms with Crippen LogP contribution in [0.1, 0.15) is 56.8 Å². The fourth-order valence-corrected chi connectivity index (χ4v) is 5.65. The SMILES string of the molecule is COc1ccc([C@H](C(=O)CC(C)C)N2C(=O)[C@@H](C3Cc4ccccc4C3)NC(=O)[C@H]2C(C)C)cc1F. The number of carbonyl (C=O) groups is 3. The molecule has 0 unspecified atom stereocenters. The molecule has 1 aliphatic carbocycles. The maximum absolute atomic E-state index is 14.8. The first-order valence-electron chi connectivity index (χ1n) is 12.7. The maximum Gasteiger partial charge on any atom is 0.247 e. The number of fused-ring (bicyclic) bond motifs is 1. The number of ether oxygens (including phenoxy) is 1. The Hall–Kier alpha value is -3.22. The third-order valence-electron chi connectivity index (χ3n) is 7.26. The molecule has 36 heavy (non-hydrogen) atoms. The summed E-state index contributed by atoms with van der Waals surface area (Å²) in [6, 6.07) is 9.71. The summed E-state index contributed by atoms with van der Waals surface area (Å²) in [5, 5.41) is 2.98. The molecule has 2 amide bonds. The highest BCUT2D eigenvalue weighted by molar-refractivity contribution is 6.01. The standard InChI is InChI=1S/C29H35FN2O4/c1-16(2)12-23(33)27(20-10-11-24(36-5)22(30)15-20)32-26(17(3)4)28(34)31-25(29(32)35)21-13-18-8-6-7-9-19(18)14-21/h6-11,15-17,21,25-27H,12-14H2,1-5H3,(H,31,34)/t25-,26-,27-/m1/s1. The van der Waals surface area contributed by atoms with E-state index in [1.54, 1.807) is 6.07 Å². The summed E-state index contributed by atoms with van der Waals surface area (Å²) in [5.74, 6) is -1.65. The minimum atomic E-state index is -1.06. The Bertz CT molecular complexity index is 1140. The van der Waals surface area contributed by atoms with Gasteiger partial charge in [-0.2, -0.15) is 0 Å². The first-order valence-corrected chi connectivity index (χ1v) is 12.7. The number of nitrogens with zero attached hydrogens (tertiary/aromatic N) is 1. The number of amides is 2. The number of rotatable bonds is 8. The molecular formula is C29H35FN2O4. The van der Waals surface area contributed by atoms with Crippen molar-refractivity contribution in [2.75, 3.05) is 7.11 Å². The third-order valence-corrected chi connectivity index (χ3v) is 7.26. The van der Waals surface area contributed by atoms with E-state index in [9.17, 15) is 18.8 Å². The van der Waals surface area contributed by atoms with Crippen molar-refractivity contribution in [3.63, 3.8) is 0 Å².